The molecular formula is C29H24N4OS. The lowest BCUT2D eigenvalue weighted by Gasteiger charge is -2.11. The molecule has 5 aromatic rings. The topological polar surface area (TPSA) is 59.8 Å². The van der Waals surface area contributed by atoms with E-state index in [1.165, 1.54) is 5.56 Å². The molecule has 0 bridgehead atoms. The summed E-state index contributed by atoms with van der Waals surface area (Å²) < 4.78 is 2.10. The van der Waals surface area contributed by atoms with Gasteiger partial charge in [0.25, 0.3) is 5.91 Å². The summed E-state index contributed by atoms with van der Waals surface area (Å²) in [5, 5.41) is 12.8. The highest BCUT2D eigenvalue weighted by molar-refractivity contribution is 7.98. The molecule has 172 valence electrons. The Morgan fingerprint density at radius 1 is 0.800 bits per heavy atom. The Hall–Kier alpha value is -4.16. The molecule has 0 saturated carbocycles. The Labute approximate surface area is 208 Å². The van der Waals surface area contributed by atoms with Crippen LogP contribution in [0.4, 0.5) is 5.69 Å². The van der Waals surface area contributed by atoms with Gasteiger partial charge in [-0.05, 0) is 48.9 Å². The van der Waals surface area contributed by atoms with Gasteiger partial charge >= 0.3 is 0 Å². The van der Waals surface area contributed by atoms with Crippen molar-refractivity contribution < 1.29 is 4.79 Å². The number of benzene rings is 4. The zero-order chi connectivity index (χ0) is 24.0. The summed E-state index contributed by atoms with van der Waals surface area (Å²) in [5.41, 5.74) is 5.74. The normalized spacial score (nSPS) is 10.8. The van der Waals surface area contributed by atoms with Crippen LogP contribution in [-0.2, 0) is 5.75 Å². The minimum absolute atomic E-state index is 0.123. The summed E-state index contributed by atoms with van der Waals surface area (Å²) in [6.45, 7) is 2.08. The van der Waals surface area contributed by atoms with E-state index < -0.39 is 0 Å². The van der Waals surface area contributed by atoms with Gasteiger partial charge in [0.15, 0.2) is 11.0 Å². The third kappa shape index (κ3) is 5.34. The molecule has 0 aliphatic heterocycles. The number of aryl methyl sites for hydroxylation is 1. The van der Waals surface area contributed by atoms with Gasteiger partial charge in [-0.3, -0.25) is 9.36 Å². The fraction of sp³-hybridized carbons (Fsp3) is 0.0690. The number of aromatic nitrogens is 3. The molecule has 4 aromatic carbocycles. The molecule has 1 aromatic heterocycles. The zero-order valence-electron chi connectivity index (χ0n) is 19.3. The standard InChI is InChI=1S/C29H24N4OS/c1-21-12-18-26(19-13-21)33-27(23-8-4-2-5-9-23)31-32-29(33)35-20-22-14-16-24(17-15-22)28(34)30-25-10-6-3-7-11-25/h2-19H,20H2,1H3,(H,30,34). The van der Waals surface area contributed by atoms with Crippen LogP contribution in [0, 0.1) is 6.92 Å². The molecule has 5 rings (SSSR count). The van der Waals surface area contributed by atoms with Gasteiger partial charge in [-0.1, -0.05) is 90.1 Å². The van der Waals surface area contributed by atoms with Crippen molar-refractivity contribution in [2.45, 2.75) is 17.8 Å². The van der Waals surface area contributed by atoms with Crippen molar-refractivity contribution in [3.8, 4) is 17.1 Å². The highest BCUT2D eigenvalue weighted by Gasteiger charge is 2.16. The predicted octanol–water partition coefficient (Wildman–Crippen LogP) is 6.79. The van der Waals surface area contributed by atoms with Crippen LogP contribution in [0.25, 0.3) is 17.1 Å². The maximum Gasteiger partial charge on any atom is 0.255 e. The summed E-state index contributed by atoms with van der Waals surface area (Å²) >= 11 is 1.62. The second-order valence-electron chi connectivity index (χ2n) is 8.15. The molecule has 1 heterocycles. The number of hydrogen-bond acceptors (Lipinski definition) is 4. The van der Waals surface area contributed by atoms with E-state index in [1.54, 1.807) is 11.8 Å². The molecule has 1 N–H and O–H groups in total. The fourth-order valence-electron chi connectivity index (χ4n) is 3.69. The van der Waals surface area contributed by atoms with Crippen molar-refractivity contribution in [3.63, 3.8) is 0 Å². The van der Waals surface area contributed by atoms with E-state index in [4.69, 9.17) is 0 Å². The number of carbonyl (C=O) groups is 1. The van der Waals surface area contributed by atoms with Crippen LogP contribution in [0.5, 0.6) is 0 Å². The van der Waals surface area contributed by atoms with Crippen LogP contribution >= 0.6 is 11.8 Å². The first kappa shape index (κ1) is 22.6. The molecule has 0 atom stereocenters. The smallest absolute Gasteiger partial charge is 0.255 e. The number of thioether (sulfide) groups is 1. The SMILES string of the molecule is Cc1ccc(-n2c(SCc3ccc(C(=O)Nc4ccccc4)cc3)nnc2-c2ccccc2)cc1. The molecule has 0 saturated heterocycles. The maximum atomic E-state index is 12.5. The quantitative estimate of drug-likeness (QED) is 0.263. The van der Waals surface area contributed by atoms with Crippen LogP contribution in [0.15, 0.2) is 114 Å². The first-order valence-corrected chi connectivity index (χ1v) is 12.3. The second kappa shape index (κ2) is 10.4. The molecule has 1 amide bonds. The van der Waals surface area contributed by atoms with Crippen LogP contribution in [-0.4, -0.2) is 20.7 Å². The first-order chi connectivity index (χ1) is 17.2. The second-order valence-corrected chi connectivity index (χ2v) is 9.09. The summed E-state index contributed by atoms with van der Waals surface area (Å²) in [5.74, 6) is 1.39. The molecule has 5 nitrogen and oxygen atoms in total. The van der Waals surface area contributed by atoms with Crippen molar-refractivity contribution in [1.29, 1.82) is 0 Å². The molecule has 0 spiro atoms. The maximum absolute atomic E-state index is 12.5. The predicted molar refractivity (Wildman–Crippen MR) is 142 cm³/mol. The number of nitrogens with zero attached hydrogens (tertiary/aromatic N) is 3. The molecule has 0 aliphatic rings. The van der Waals surface area contributed by atoms with Gasteiger partial charge in [0.05, 0.1) is 0 Å². The van der Waals surface area contributed by atoms with Crippen molar-refractivity contribution in [3.05, 3.63) is 126 Å². The number of amides is 1. The average Bonchev–Trinajstić information content (AvgIpc) is 3.33. The number of carbonyl (C=O) groups excluding carboxylic acids is 1. The Morgan fingerprint density at radius 3 is 2.14 bits per heavy atom. The number of rotatable bonds is 7. The fourth-order valence-corrected chi connectivity index (χ4v) is 4.60. The highest BCUT2D eigenvalue weighted by atomic mass is 32.2. The molecule has 0 radical (unpaired) electrons. The summed E-state index contributed by atoms with van der Waals surface area (Å²) in [6.07, 6.45) is 0. The minimum atomic E-state index is -0.123. The van der Waals surface area contributed by atoms with Crippen LogP contribution in [0.1, 0.15) is 21.5 Å². The lowest BCUT2D eigenvalue weighted by Crippen LogP contribution is -2.11. The lowest BCUT2D eigenvalue weighted by molar-refractivity contribution is 0.102. The van der Waals surface area contributed by atoms with E-state index in [-0.39, 0.29) is 5.91 Å². The Balaban J connectivity index is 1.34. The summed E-state index contributed by atoms with van der Waals surface area (Å²) in [4.78, 5) is 12.5. The van der Waals surface area contributed by atoms with E-state index in [1.807, 2.05) is 84.9 Å². The van der Waals surface area contributed by atoms with E-state index >= 15 is 0 Å². The van der Waals surface area contributed by atoms with E-state index in [0.29, 0.717) is 11.3 Å². The van der Waals surface area contributed by atoms with Crippen LogP contribution in [0.2, 0.25) is 0 Å². The van der Waals surface area contributed by atoms with Crippen molar-refractivity contribution >= 4 is 23.4 Å². The molecule has 0 fully saturated rings. The molecule has 0 aliphatic carbocycles. The minimum Gasteiger partial charge on any atom is -0.322 e. The number of para-hydroxylation sites is 1. The summed E-state index contributed by atoms with van der Waals surface area (Å²) in [7, 11) is 0. The van der Waals surface area contributed by atoms with E-state index in [9.17, 15) is 4.79 Å². The molecule has 35 heavy (non-hydrogen) atoms. The number of anilines is 1. The van der Waals surface area contributed by atoms with Crippen LogP contribution < -0.4 is 5.32 Å². The first-order valence-electron chi connectivity index (χ1n) is 11.3. The van der Waals surface area contributed by atoms with Gasteiger partial charge in [-0.2, -0.15) is 0 Å². The third-order valence-corrected chi connectivity index (χ3v) is 6.57. The largest absolute Gasteiger partial charge is 0.322 e. The third-order valence-electron chi connectivity index (χ3n) is 5.57. The van der Waals surface area contributed by atoms with Gasteiger partial charge in [-0.25, -0.2) is 0 Å². The Bertz CT molecular complexity index is 1410. The average molecular weight is 477 g/mol. The highest BCUT2D eigenvalue weighted by Crippen LogP contribution is 2.30. The Kier molecular flexibility index (Phi) is 6.73. The Morgan fingerprint density at radius 2 is 1.46 bits per heavy atom. The number of nitrogens with one attached hydrogen (secondary N) is 1. The van der Waals surface area contributed by atoms with Gasteiger partial charge < -0.3 is 5.32 Å². The molecule has 6 heteroatoms. The van der Waals surface area contributed by atoms with Gasteiger partial charge in [0, 0.05) is 28.3 Å². The molecular weight excluding hydrogens is 452 g/mol. The van der Waals surface area contributed by atoms with Crippen molar-refractivity contribution in [1.82, 2.24) is 14.8 Å². The van der Waals surface area contributed by atoms with E-state index in [0.717, 1.165) is 33.5 Å². The lowest BCUT2D eigenvalue weighted by atomic mass is 10.1. The van der Waals surface area contributed by atoms with E-state index in [2.05, 4.69) is 51.3 Å². The monoisotopic (exact) mass is 476 g/mol. The van der Waals surface area contributed by atoms with Crippen molar-refractivity contribution in [2.75, 3.05) is 5.32 Å². The molecule has 0 unspecified atom stereocenters. The van der Waals surface area contributed by atoms with Crippen LogP contribution in [0.3, 0.4) is 0 Å². The number of hydrogen-bond donors (Lipinski definition) is 1. The van der Waals surface area contributed by atoms with Gasteiger partial charge in [0.2, 0.25) is 0 Å². The van der Waals surface area contributed by atoms with Crippen molar-refractivity contribution in [2.24, 2.45) is 0 Å². The zero-order valence-corrected chi connectivity index (χ0v) is 20.1. The summed E-state index contributed by atoms with van der Waals surface area (Å²) in [6, 6.07) is 35.6. The van der Waals surface area contributed by atoms with Gasteiger partial charge in [0.1, 0.15) is 0 Å². The van der Waals surface area contributed by atoms with Gasteiger partial charge in [-0.15, -0.1) is 10.2 Å².